The Morgan fingerprint density at radius 2 is 1.97 bits per heavy atom. The van der Waals surface area contributed by atoms with E-state index >= 15 is 0 Å². The van der Waals surface area contributed by atoms with E-state index in [1.807, 2.05) is 32.0 Å². The van der Waals surface area contributed by atoms with Crippen molar-refractivity contribution in [3.63, 3.8) is 0 Å². The molecule has 0 aromatic carbocycles. The number of thiophene rings is 1. The van der Waals surface area contributed by atoms with Gasteiger partial charge in [0.05, 0.1) is 12.1 Å². The molecular weight excluding hydrogens is 398 g/mol. The number of urea groups is 1. The van der Waals surface area contributed by atoms with Crippen LogP contribution in [-0.2, 0) is 23.2 Å². The summed E-state index contributed by atoms with van der Waals surface area (Å²) in [4.78, 5) is 32.2. The lowest BCUT2D eigenvalue weighted by atomic mass is 9.72. The number of carbonyl (C=O) groups excluding carboxylic acids is 2. The zero-order chi connectivity index (χ0) is 21.5. The summed E-state index contributed by atoms with van der Waals surface area (Å²) in [5, 5.41) is 6.99. The molecule has 0 bridgehead atoms. The maximum absolute atomic E-state index is 13.1. The fraction of sp³-hybridized carbons (Fsp3) is 0.591. The fourth-order valence-corrected chi connectivity index (χ4v) is 5.31. The molecule has 0 radical (unpaired) electrons. The largest absolute Gasteiger partial charge is 0.337 e. The van der Waals surface area contributed by atoms with E-state index < -0.39 is 0 Å². The second-order valence-corrected chi connectivity index (χ2v) is 10.1. The molecule has 0 saturated carbocycles. The number of carbonyl (C=O) groups is 2. The Morgan fingerprint density at radius 1 is 1.23 bits per heavy atom. The molecule has 162 valence electrons. The topological polar surface area (TPSA) is 61.7 Å². The van der Waals surface area contributed by atoms with Gasteiger partial charge in [0.15, 0.2) is 0 Å². The molecule has 3 amide bonds. The molecule has 8 heteroatoms. The van der Waals surface area contributed by atoms with Crippen molar-refractivity contribution in [2.75, 3.05) is 33.7 Å². The van der Waals surface area contributed by atoms with Crippen LogP contribution >= 0.6 is 11.3 Å². The summed E-state index contributed by atoms with van der Waals surface area (Å²) in [5.41, 5.74) is 2.11. The summed E-state index contributed by atoms with van der Waals surface area (Å²) in [5.74, 6) is 0.173. The van der Waals surface area contributed by atoms with E-state index in [1.165, 1.54) is 0 Å². The summed E-state index contributed by atoms with van der Waals surface area (Å²) in [6.45, 7) is 6.94. The smallest absolute Gasteiger partial charge is 0.319 e. The standard InChI is InChI=1S/C22H31N5O2S/c1-16(2)27-14-17-13-26(19(28)12-18-6-5-11-30-18)15-22(20(17)23-27)7-9-25(10-8-22)21(29)24(3)4/h5-6,11,14,16H,7-10,12-13,15H2,1-4H3. The third kappa shape index (κ3) is 3.85. The summed E-state index contributed by atoms with van der Waals surface area (Å²) in [6, 6.07) is 4.35. The predicted octanol–water partition coefficient (Wildman–Crippen LogP) is 3.13. The molecule has 1 fully saturated rings. The molecule has 0 unspecified atom stereocenters. The molecule has 0 atom stereocenters. The van der Waals surface area contributed by atoms with Gasteiger partial charge in [0.1, 0.15) is 0 Å². The molecule has 7 nitrogen and oxygen atoms in total. The maximum atomic E-state index is 13.1. The lowest BCUT2D eigenvalue weighted by Gasteiger charge is -2.46. The monoisotopic (exact) mass is 429 g/mol. The van der Waals surface area contributed by atoms with E-state index in [0.717, 1.165) is 29.0 Å². The van der Waals surface area contributed by atoms with Crippen LogP contribution in [0.5, 0.6) is 0 Å². The van der Waals surface area contributed by atoms with Gasteiger partial charge in [-0.15, -0.1) is 11.3 Å². The predicted molar refractivity (Wildman–Crippen MR) is 118 cm³/mol. The van der Waals surface area contributed by atoms with Crippen molar-refractivity contribution in [1.82, 2.24) is 24.5 Å². The number of fused-ring (bicyclic) bond motifs is 2. The van der Waals surface area contributed by atoms with E-state index in [2.05, 4.69) is 20.0 Å². The van der Waals surface area contributed by atoms with Crippen LogP contribution in [0.2, 0.25) is 0 Å². The first-order valence-electron chi connectivity index (χ1n) is 10.6. The molecular formula is C22H31N5O2S. The molecule has 2 aliphatic heterocycles. The zero-order valence-electron chi connectivity index (χ0n) is 18.3. The molecule has 0 aliphatic carbocycles. The SMILES string of the molecule is CC(C)n1cc2c(n1)C1(CCN(C(=O)N(C)C)CC1)CN(C(=O)Cc1cccs1)C2. The Hall–Kier alpha value is -2.35. The van der Waals surface area contributed by atoms with Crippen molar-refractivity contribution >= 4 is 23.3 Å². The molecule has 2 aromatic heterocycles. The van der Waals surface area contributed by atoms with Crippen LogP contribution in [0.25, 0.3) is 0 Å². The number of rotatable bonds is 3. The molecule has 30 heavy (non-hydrogen) atoms. The van der Waals surface area contributed by atoms with E-state index in [9.17, 15) is 9.59 Å². The third-order valence-corrected chi connectivity index (χ3v) is 7.20. The van der Waals surface area contributed by atoms with Gasteiger partial charge in [0.25, 0.3) is 0 Å². The quantitative estimate of drug-likeness (QED) is 0.753. The van der Waals surface area contributed by atoms with Crippen LogP contribution in [0.3, 0.4) is 0 Å². The molecule has 4 heterocycles. The minimum Gasteiger partial charge on any atom is -0.337 e. The normalized spacial score (nSPS) is 18.0. The molecule has 1 spiro atoms. The van der Waals surface area contributed by atoms with Gasteiger partial charge in [0, 0.05) is 68.4 Å². The number of piperidine rings is 1. The summed E-state index contributed by atoms with van der Waals surface area (Å²) in [7, 11) is 3.58. The molecule has 1 saturated heterocycles. The highest BCUT2D eigenvalue weighted by atomic mass is 32.1. The van der Waals surface area contributed by atoms with Gasteiger partial charge in [-0.3, -0.25) is 9.48 Å². The Morgan fingerprint density at radius 3 is 2.57 bits per heavy atom. The molecule has 2 aliphatic rings. The highest BCUT2D eigenvalue weighted by molar-refractivity contribution is 7.10. The molecule has 2 aromatic rings. The van der Waals surface area contributed by atoms with Crippen molar-refractivity contribution < 1.29 is 9.59 Å². The highest BCUT2D eigenvalue weighted by Gasteiger charge is 2.46. The van der Waals surface area contributed by atoms with Gasteiger partial charge < -0.3 is 14.7 Å². The van der Waals surface area contributed by atoms with E-state index in [1.54, 1.807) is 30.3 Å². The first kappa shape index (κ1) is 20.9. The maximum Gasteiger partial charge on any atom is 0.319 e. The Balaban J connectivity index is 1.60. The second-order valence-electron chi connectivity index (χ2n) is 9.03. The summed E-state index contributed by atoms with van der Waals surface area (Å²) < 4.78 is 2.02. The second kappa shape index (κ2) is 8.06. The number of hydrogen-bond donors (Lipinski definition) is 0. The van der Waals surface area contributed by atoms with Crippen LogP contribution < -0.4 is 0 Å². The molecule has 0 N–H and O–H groups in total. The fourth-order valence-electron chi connectivity index (χ4n) is 4.61. The van der Waals surface area contributed by atoms with Crippen LogP contribution in [0.15, 0.2) is 23.7 Å². The van der Waals surface area contributed by atoms with Crippen LogP contribution in [-0.4, -0.2) is 70.1 Å². The Bertz CT molecular complexity index is 910. The Labute approximate surface area is 182 Å². The number of nitrogens with zero attached hydrogens (tertiary/aromatic N) is 5. The lowest BCUT2D eigenvalue weighted by molar-refractivity contribution is -0.133. The highest BCUT2D eigenvalue weighted by Crippen LogP contribution is 2.41. The van der Waals surface area contributed by atoms with E-state index in [0.29, 0.717) is 32.6 Å². The third-order valence-electron chi connectivity index (χ3n) is 6.33. The van der Waals surface area contributed by atoms with Crippen molar-refractivity contribution in [2.24, 2.45) is 0 Å². The lowest BCUT2D eigenvalue weighted by Crippen LogP contribution is -2.55. The first-order valence-corrected chi connectivity index (χ1v) is 11.5. The Kier molecular flexibility index (Phi) is 5.61. The van der Waals surface area contributed by atoms with Gasteiger partial charge in [-0.25, -0.2) is 4.79 Å². The number of aromatic nitrogens is 2. The van der Waals surface area contributed by atoms with Crippen LogP contribution in [0.4, 0.5) is 4.79 Å². The zero-order valence-corrected chi connectivity index (χ0v) is 19.1. The van der Waals surface area contributed by atoms with Gasteiger partial charge in [-0.1, -0.05) is 6.07 Å². The van der Waals surface area contributed by atoms with Crippen molar-refractivity contribution in [2.45, 2.75) is 51.1 Å². The number of hydrogen-bond acceptors (Lipinski definition) is 4. The number of amides is 3. The average molecular weight is 430 g/mol. The van der Waals surface area contributed by atoms with E-state index in [-0.39, 0.29) is 23.4 Å². The first-order chi connectivity index (χ1) is 14.3. The van der Waals surface area contributed by atoms with Crippen LogP contribution in [0.1, 0.15) is 48.9 Å². The van der Waals surface area contributed by atoms with E-state index in [4.69, 9.17) is 5.10 Å². The molecule has 4 rings (SSSR count). The van der Waals surface area contributed by atoms with Crippen molar-refractivity contribution in [3.05, 3.63) is 39.8 Å². The van der Waals surface area contributed by atoms with Gasteiger partial charge in [-0.05, 0) is 38.1 Å². The minimum atomic E-state index is -0.179. The van der Waals surface area contributed by atoms with Crippen molar-refractivity contribution in [3.8, 4) is 0 Å². The summed E-state index contributed by atoms with van der Waals surface area (Å²) >= 11 is 1.63. The summed E-state index contributed by atoms with van der Waals surface area (Å²) in [6.07, 6.45) is 4.23. The van der Waals surface area contributed by atoms with Gasteiger partial charge >= 0.3 is 6.03 Å². The van der Waals surface area contributed by atoms with Gasteiger partial charge in [-0.2, -0.15) is 5.10 Å². The average Bonchev–Trinajstić information content (AvgIpc) is 3.38. The van der Waals surface area contributed by atoms with Crippen molar-refractivity contribution in [1.29, 1.82) is 0 Å². The van der Waals surface area contributed by atoms with Crippen LogP contribution in [0, 0.1) is 0 Å². The minimum absolute atomic E-state index is 0.0548. The number of likely N-dealkylation sites (tertiary alicyclic amines) is 1. The van der Waals surface area contributed by atoms with Gasteiger partial charge in [0.2, 0.25) is 5.91 Å².